The summed E-state index contributed by atoms with van der Waals surface area (Å²) in [4.78, 5) is 12.1. The van der Waals surface area contributed by atoms with Gasteiger partial charge in [0.25, 0.3) is 0 Å². The number of carbonyl (C=O) groups is 1. The topological polar surface area (TPSA) is 75.7 Å². The van der Waals surface area contributed by atoms with Crippen molar-refractivity contribution in [3.8, 4) is 5.75 Å². The largest absolute Gasteiger partial charge is 0.497 e. The minimum absolute atomic E-state index is 0.0437. The molecule has 2 aromatic rings. The molecule has 0 bridgehead atoms. The van der Waals surface area contributed by atoms with Crippen LogP contribution in [0.3, 0.4) is 0 Å². The van der Waals surface area contributed by atoms with Crippen LogP contribution in [-0.2, 0) is 34.3 Å². The van der Waals surface area contributed by atoms with Crippen molar-refractivity contribution in [3.63, 3.8) is 0 Å². The maximum absolute atomic E-state index is 12.7. The van der Waals surface area contributed by atoms with Crippen LogP contribution in [0, 0.1) is 0 Å². The summed E-state index contributed by atoms with van der Waals surface area (Å²) in [6, 6.07) is 11.2. The quantitative estimate of drug-likeness (QED) is 0.795. The first kappa shape index (κ1) is 21.1. The molecule has 0 fully saturated rings. The van der Waals surface area contributed by atoms with E-state index in [-0.39, 0.29) is 31.0 Å². The Labute approximate surface area is 166 Å². The smallest absolute Gasteiger partial charge is 0.471 e. The van der Waals surface area contributed by atoms with Crippen LogP contribution in [0.25, 0.3) is 0 Å². The number of fused-ring (bicyclic) bond motifs is 1. The Kier molecular flexibility index (Phi) is 5.85. The summed E-state index contributed by atoms with van der Waals surface area (Å²) in [6.07, 6.45) is -4.72. The molecule has 1 N–H and O–H groups in total. The third-order valence-electron chi connectivity index (χ3n) is 4.66. The SMILES string of the molecule is COc1ccc(CNS(=O)(=O)c2ccc3c(c2)CN(C(=O)C(F)(F)F)CC3)cc1. The lowest BCUT2D eigenvalue weighted by Gasteiger charge is -2.29. The molecule has 0 radical (unpaired) electrons. The Morgan fingerprint density at radius 2 is 1.83 bits per heavy atom. The molecular weight excluding hydrogens is 409 g/mol. The summed E-state index contributed by atoms with van der Waals surface area (Å²) in [6.45, 7) is -0.301. The van der Waals surface area contributed by atoms with Crippen molar-refractivity contribution < 1.29 is 31.1 Å². The zero-order valence-corrected chi connectivity index (χ0v) is 16.3. The summed E-state index contributed by atoms with van der Waals surface area (Å²) < 4.78 is 70.7. The molecule has 2 aromatic carbocycles. The van der Waals surface area contributed by atoms with Crippen LogP contribution in [0.4, 0.5) is 13.2 Å². The first-order valence-electron chi connectivity index (χ1n) is 8.70. The van der Waals surface area contributed by atoms with Crippen molar-refractivity contribution in [2.24, 2.45) is 0 Å². The van der Waals surface area contributed by atoms with Gasteiger partial charge in [-0.15, -0.1) is 0 Å². The average molecular weight is 428 g/mol. The number of alkyl halides is 3. The van der Waals surface area contributed by atoms with E-state index in [4.69, 9.17) is 4.74 Å². The molecule has 0 atom stereocenters. The second-order valence-corrected chi connectivity index (χ2v) is 8.34. The van der Waals surface area contributed by atoms with E-state index in [1.165, 1.54) is 19.2 Å². The van der Waals surface area contributed by atoms with Crippen molar-refractivity contribution >= 4 is 15.9 Å². The number of methoxy groups -OCH3 is 1. The fraction of sp³-hybridized carbons (Fsp3) is 0.316. The summed E-state index contributed by atoms with van der Waals surface area (Å²) in [5.41, 5.74) is 1.83. The van der Waals surface area contributed by atoms with Gasteiger partial charge in [0.15, 0.2) is 0 Å². The summed E-state index contributed by atoms with van der Waals surface area (Å²) >= 11 is 0. The van der Waals surface area contributed by atoms with Gasteiger partial charge in [0, 0.05) is 19.6 Å². The molecule has 0 saturated carbocycles. The standard InChI is InChI=1S/C19H19F3N2O4S/c1-28-16-5-2-13(3-6-16)11-23-29(26,27)17-7-4-14-8-9-24(12-15(14)10-17)18(25)19(20,21)22/h2-7,10,23H,8-9,11-12H2,1H3. The van der Waals surface area contributed by atoms with Crippen molar-refractivity contribution in [2.75, 3.05) is 13.7 Å². The minimum atomic E-state index is -4.96. The number of nitrogens with one attached hydrogen (secondary N) is 1. The van der Waals surface area contributed by atoms with Gasteiger partial charge in [0.2, 0.25) is 10.0 Å². The second kappa shape index (κ2) is 8.03. The van der Waals surface area contributed by atoms with Crippen LogP contribution >= 0.6 is 0 Å². The molecule has 6 nitrogen and oxygen atoms in total. The number of benzene rings is 2. The maximum Gasteiger partial charge on any atom is 0.471 e. The molecule has 0 unspecified atom stereocenters. The summed E-state index contributed by atoms with van der Waals surface area (Å²) in [5, 5.41) is 0. The molecule has 1 aliphatic heterocycles. The van der Waals surface area contributed by atoms with Gasteiger partial charge in [-0.2, -0.15) is 13.2 Å². The van der Waals surface area contributed by atoms with Gasteiger partial charge >= 0.3 is 12.1 Å². The third-order valence-corrected chi connectivity index (χ3v) is 6.05. The molecule has 156 valence electrons. The van der Waals surface area contributed by atoms with Crippen molar-refractivity contribution in [3.05, 3.63) is 59.2 Å². The molecule has 10 heteroatoms. The van der Waals surface area contributed by atoms with Crippen LogP contribution in [0.2, 0.25) is 0 Å². The van der Waals surface area contributed by atoms with Crippen molar-refractivity contribution in [1.82, 2.24) is 9.62 Å². The van der Waals surface area contributed by atoms with Crippen molar-refractivity contribution in [1.29, 1.82) is 0 Å². The highest BCUT2D eigenvalue weighted by molar-refractivity contribution is 7.89. The van der Waals surface area contributed by atoms with Crippen LogP contribution < -0.4 is 9.46 Å². The molecule has 3 rings (SSSR count). The van der Waals surface area contributed by atoms with Gasteiger partial charge in [0.05, 0.1) is 12.0 Å². The molecule has 0 spiro atoms. The van der Waals surface area contributed by atoms with Crippen molar-refractivity contribution in [2.45, 2.75) is 30.6 Å². The van der Waals surface area contributed by atoms with E-state index < -0.39 is 22.1 Å². The molecule has 1 amide bonds. The predicted molar refractivity (Wildman–Crippen MR) is 98.6 cm³/mol. The minimum Gasteiger partial charge on any atom is -0.497 e. The highest BCUT2D eigenvalue weighted by atomic mass is 32.2. The lowest BCUT2D eigenvalue weighted by atomic mass is 10.00. The Balaban J connectivity index is 1.74. The van der Waals surface area contributed by atoms with E-state index in [0.29, 0.717) is 21.8 Å². The monoisotopic (exact) mass is 428 g/mol. The highest BCUT2D eigenvalue weighted by Crippen LogP contribution is 2.26. The number of carbonyl (C=O) groups excluding carboxylic acids is 1. The molecular formula is C19H19F3N2O4S. The Hall–Kier alpha value is -2.59. The average Bonchev–Trinajstić information content (AvgIpc) is 2.70. The lowest BCUT2D eigenvalue weighted by molar-refractivity contribution is -0.186. The highest BCUT2D eigenvalue weighted by Gasteiger charge is 2.43. The number of rotatable bonds is 5. The first-order chi connectivity index (χ1) is 13.6. The Morgan fingerprint density at radius 1 is 1.14 bits per heavy atom. The molecule has 0 saturated heterocycles. The van der Waals surface area contributed by atoms with Gasteiger partial charge in [-0.25, -0.2) is 13.1 Å². The van der Waals surface area contributed by atoms with Gasteiger partial charge in [-0.3, -0.25) is 4.79 Å². The zero-order valence-electron chi connectivity index (χ0n) is 15.5. The van der Waals surface area contributed by atoms with Crippen LogP contribution in [0.15, 0.2) is 47.4 Å². The van der Waals surface area contributed by atoms with E-state index in [1.54, 1.807) is 30.3 Å². The van der Waals surface area contributed by atoms with E-state index >= 15 is 0 Å². The first-order valence-corrected chi connectivity index (χ1v) is 10.2. The van der Waals surface area contributed by atoms with E-state index in [2.05, 4.69) is 4.72 Å². The third kappa shape index (κ3) is 4.88. The molecule has 0 aliphatic carbocycles. The normalized spacial score (nSPS) is 14.4. The number of hydrogen-bond donors (Lipinski definition) is 1. The molecule has 1 heterocycles. The number of sulfonamides is 1. The number of halogens is 3. The lowest BCUT2D eigenvalue weighted by Crippen LogP contribution is -2.43. The van der Waals surface area contributed by atoms with E-state index in [0.717, 1.165) is 5.56 Å². The maximum atomic E-state index is 12.7. The van der Waals surface area contributed by atoms with Crippen LogP contribution in [0.1, 0.15) is 16.7 Å². The van der Waals surface area contributed by atoms with E-state index in [1.807, 2.05) is 0 Å². The van der Waals surface area contributed by atoms with Gasteiger partial charge in [0.1, 0.15) is 5.75 Å². The van der Waals surface area contributed by atoms with Crippen LogP contribution in [-0.4, -0.2) is 39.1 Å². The van der Waals surface area contributed by atoms with Gasteiger partial charge in [-0.1, -0.05) is 18.2 Å². The molecule has 1 aliphatic rings. The second-order valence-electron chi connectivity index (χ2n) is 6.58. The fourth-order valence-electron chi connectivity index (χ4n) is 3.06. The van der Waals surface area contributed by atoms with Crippen LogP contribution in [0.5, 0.6) is 5.75 Å². The number of ether oxygens (including phenoxy) is 1. The molecule has 29 heavy (non-hydrogen) atoms. The van der Waals surface area contributed by atoms with Gasteiger partial charge < -0.3 is 9.64 Å². The number of amides is 1. The van der Waals surface area contributed by atoms with Gasteiger partial charge in [-0.05, 0) is 47.4 Å². The molecule has 0 aromatic heterocycles. The summed E-state index contributed by atoms with van der Waals surface area (Å²) in [7, 11) is -2.36. The Morgan fingerprint density at radius 3 is 2.45 bits per heavy atom. The van der Waals surface area contributed by atoms with E-state index in [9.17, 15) is 26.4 Å². The Bertz CT molecular complexity index is 1010. The number of hydrogen-bond acceptors (Lipinski definition) is 4. The fourth-order valence-corrected chi connectivity index (χ4v) is 4.13. The number of nitrogens with zero attached hydrogens (tertiary/aromatic N) is 1. The summed E-state index contributed by atoms with van der Waals surface area (Å²) in [5.74, 6) is -1.28. The zero-order chi connectivity index (χ0) is 21.2. The predicted octanol–water partition coefficient (Wildman–Crippen LogP) is 2.62.